The van der Waals surface area contributed by atoms with Gasteiger partial charge in [-0.25, -0.2) is 0 Å². The molecule has 3 N–H and O–H groups in total. The van der Waals surface area contributed by atoms with Crippen LogP contribution in [0.4, 0.5) is 11.4 Å². The summed E-state index contributed by atoms with van der Waals surface area (Å²) in [6, 6.07) is 5.86. The number of fused-ring (bicyclic) bond motifs is 1. The SMILES string of the molecule is COCC(C)CNc1ccc(N)c2ccncc12. The fourth-order valence-corrected chi connectivity index (χ4v) is 2.00. The molecule has 1 unspecified atom stereocenters. The third-order valence-electron chi connectivity index (χ3n) is 2.94. The number of benzene rings is 1. The van der Waals surface area contributed by atoms with Gasteiger partial charge in [-0.1, -0.05) is 6.92 Å². The van der Waals surface area contributed by atoms with Crippen LogP contribution >= 0.6 is 0 Å². The maximum atomic E-state index is 5.95. The molecule has 2 rings (SSSR count). The van der Waals surface area contributed by atoms with Gasteiger partial charge in [0, 0.05) is 48.2 Å². The van der Waals surface area contributed by atoms with Gasteiger partial charge in [-0.15, -0.1) is 0 Å². The van der Waals surface area contributed by atoms with E-state index in [1.54, 1.807) is 13.3 Å². The van der Waals surface area contributed by atoms with Gasteiger partial charge in [0.25, 0.3) is 0 Å². The minimum absolute atomic E-state index is 0.458. The largest absolute Gasteiger partial charge is 0.398 e. The van der Waals surface area contributed by atoms with E-state index in [2.05, 4.69) is 17.2 Å². The van der Waals surface area contributed by atoms with Gasteiger partial charge in [-0.05, 0) is 24.1 Å². The predicted octanol–water partition coefficient (Wildman–Crippen LogP) is 2.51. The van der Waals surface area contributed by atoms with Crippen LogP contribution in [0.5, 0.6) is 0 Å². The molecule has 0 amide bonds. The number of methoxy groups -OCH3 is 1. The first-order valence-electron chi connectivity index (χ1n) is 6.07. The fraction of sp³-hybridized carbons (Fsp3) is 0.357. The number of anilines is 2. The Balaban J connectivity index is 2.21. The molecule has 0 bridgehead atoms. The third-order valence-corrected chi connectivity index (χ3v) is 2.94. The number of nitrogens with two attached hydrogens (primary N) is 1. The van der Waals surface area contributed by atoms with Gasteiger partial charge in [-0.3, -0.25) is 4.98 Å². The van der Waals surface area contributed by atoms with Crippen molar-refractivity contribution in [2.75, 3.05) is 31.3 Å². The Kier molecular flexibility index (Phi) is 3.99. The highest BCUT2D eigenvalue weighted by Crippen LogP contribution is 2.27. The van der Waals surface area contributed by atoms with Crippen LogP contribution in [0.3, 0.4) is 0 Å². The number of hydrogen-bond acceptors (Lipinski definition) is 4. The van der Waals surface area contributed by atoms with Gasteiger partial charge in [0.15, 0.2) is 0 Å². The van der Waals surface area contributed by atoms with Gasteiger partial charge < -0.3 is 15.8 Å². The fourth-order valence-electron chi connectivity index (χ4n) is 2.00. The zero-order valence-electron chi connectivity index (χ0n) is 10.8. The number of nitrogen functional groups attached to an aromatic ring is 1. The third kappa shape index (κ3) is 2.71. The van der Waals surface area contributed by atoms with Gasteiger partial charge in [0.2, 0.25) is 0 Å². The topological polar surface area (TPSA) is 60.2 Å². The number of pyridine rings is 1. The molecule has 18 heavy (non-hydrogen) atoms. The standard InChI is InChI=1S/C14H19N3O/c1-10(9-18-2)7-17-14-4-3-13(15)11-5-6-16-8-12(11)14/h3-6,8,10,17H,7,9,15H2,1-2H3. The molecule has 1 aromatic heterocycles. The Morgan fingerprint density at radius 2 is 2.17 bits per heavy atom. The first-order valence-corrected chi connectivity index (χ1v) is 6.07. The second-order valence-electron chi connectivity index (χ2n) is 4.57. The quantitative estimate of drug-likeness (QED) is 0.795. The minimum Gasteiger partial charge on any atom is -0.398 e. The van der Waals surface area contributed by atoms with E-state index in [1.807, 2.05) is 24.4 Å². The van der Waals surface area contributed by atoms with Crippen molar-refractivity contribution in [3.05, 3.63) is 30.6 Å². The molecule has 2 aromatic rings. The lowest BCUT2D eigenvalue weighted by molar-refractivity contribution is 0.164. The maximum Gasteiger partial charge on any atom is 0.0504 e. The molecule has 0 saturated carbocycles. The molecule has 0 radical (unpaired) electrons. The highest BCUT2D eigenvalue weighted by molar-refractivity contribution is 6.00. The van der Waals surface area contributed by atoms with E-state index >= 15 is 0 Å². The Bertz CT molecular complexity index is 527. The second kappa shape index (κ2) is 5.69. The first kappa shape index (κ1) is 12.6. The molecule has 4 nitrogen and oxygen atoms in total. The Morgan fingerprint density at radius 1 is 1.33 bits per heavy atom. The summed E-state index contributed by atoms with van der Waals surface area (Å²) in [5.74, 6) is 0.458. The van der Waals surface area contributed by atoms with Crippen molar-refractivity contribution in [1.29, 1.82) is 0 Å². The van der Waals surface area contributed by atoms with Crippen LogP contribution in [0, 0.1) is 5.92 Å². The van der Waals surface area contributed by atoms with Crippen molar-refractivity contribution >= 4 is 22.1 Å². The van der Waals surface area contributed by atoms with Gasteiger partial charge >= 0.3 is 0 Å². The van der Waals surface area contributed by atoms with E-state index in [-0.39, 0.29) is 0 Å². The van der Waals surface area contributed by atoms with Crippen molar-refractivity contribution in [1.82, 2.24) is 4.98 Å². The lowest BCUT2D eigenvalue weighted by Gasteiger charge is -2.14. The first-order chi connectivity index (χ1) is 8.72. The van der Waals surface area contributed by atoms with Crippen molar-refractivity contribution < 1.29 is 4.74 Å². The molecule has 1 aromatic carbocycles. The zero-order valence-corrected chi connectivity index (χ0v) is 10.8. The molecule has 0 saturated heterocycles. The summed E-state index contributed by atoms with van der Waals surface area (Å²) in [7, 11) is 1.72. The summed E-state index contributed by atoms with van der Waals surface area (Å²) < 4.78 is 5.13. The number of ether oxygens (including phenoxy) is 1. The smallest absolute Gasteiger partial charge is 0.0504 e. The summed E-state index contributed by atoms with van der Waals surface area (Å²) in [6.07, 6.45) is 3.60. The maximum absolute atomic E-state index is 5.95. The van der Waals surface area contributed by atoms with Crippen molar-refractivity contribution in [3.8, 4) is 0 Å². The number of aromatic nitrogens is 1. The molecule has 0 spiro atoms. The predicted molar refractivity (Wildman–Crippen MR) is 75.7 cm³/mol. The lowest BCUT2D eigenvalue weighted by Crippen LogP contribution is -2.16. The monoisotopic (exact) mass is 245 g/mol. The molecule has 96 valence electrons. The Morgan fingerprint density at radius 3 is 2.94 bits per heavy atom. The number of nitrogens with zero attached hydrogens (tertiary/aromatic N) is 1. The average molecular weight is 245 g/mol. The molecule has 0 aliphatic rings. The average Bonchev–Trinajstić information content (AvgIpc) is 2.39. The van der Waals surface area contributed by atoms with Gasteiger partial charge in [0.05, 0.1) is 6.61 Å². The van der Waals surface area contributed by atoms with Crippen LogP contribution in [0.15, 0.2) is 30.6 Å². The molecular formula is C14H19N3O. The molecule has 1 heterocycles. The van der Waals surface area contributed by atoms with E-state index in [0.717, 1.165) is 35.3 Å². The van der Waals surface area contributed by atoms with Crippen LogP contribution in [0.25, 0.3) is 10.8 Å². The molecule has 0 fully saturated rings. The van der Waals surface area contributed by atoms with Crippen LogP contribution in [-0.2, 0) is 4.74 Å². The highest BCUT2D eigenvalue weighted by atomic mass is 16.5. The summed E-state index contributed by atoms with van der Waals surface area (Å²) >= 11 is 0. The molecular weight excluding hydrogens is 226 g/mol. The normalized spacial score (nSPS) is 12.6. The Labute approximate surface area is 107 Å². The van der Waals surface area contributed by atoms with E-state index in [4.69, 9.17) is 10.5 Å². The molecule has 4 heteroatoms. The second-order valence-corrected chi connectivity index (χ2v) is 4.57. The number of nitrogens with one attached hydrogen (secondary N) is 1. The molecule has 0 aliphatic carbocycles. The van der Waals surface area contributed by atoms with Gasteiger partial charge in [-0.2, -0.15) is 0 Å². The number of rotatable bonds is 5. The van der Waals surface area contributed by atoms with E-state index in [0.29, 0.717) is 5.92 Å². The van der Waals surface area contributed by atoms with Crippen LogP contribution < -0.4 is 11.1 Å². The van der Waals surface area contributed by atoms with Crippen LogP contribution in [0.1, 0.15) is 6.92 Å². The minimum atomic E-state index is 0.458. The van der Waals surface area contributed by atoms with E-state index in [1.165, 1.54) is 0 Å². The number of hydrogen-bond donors (Lipinski definition) is 2. The summed E-state index contributed by atoms with van der Waals surface area (Å²) in [6.45, 7) is 3.76. The van der Waals surface area contributed by atoms with E-state index < -0.39 is 0 Å². The van der Waals surface area contributed by atoms with Crippen molar-refractivity contribution in [2.24, 2.45) is 5.92 Å². The summed E-state index contributed by atoms with van der Waals surface area (Å²) in [4.78, 5) is 4.16. The van der Waals surface area contributed by atoms with Gasteiger partial charge in [0.1, 0.15) is 0 Å². The van der Waals surface area contributed by atoms with Crippen molar-refractivity contribution in [2.45, 2.75) is 6.92 Å². The van der Waals surface area contributed by atoms with Crippen molar-refractivity contribution in [3.63, 3.8) is 0 Å². The summed E-state index contributed by atoms with van der Waals surface area (Å²) in [5.41, 5.74) is 7.80. The molecule has 1 atom stereocenters. The lowest BCUT2D eigenvalue weighted by atomic mass is 10.1. The van der Waals surface area contributed by atoms with Crippen LogP contribution in [-0.4, -0.2) is 25.2 Å². The highest BCUT2D eigenvalue weighted by Gasteiger charge is 2.06. The zero-order chi connectivity index (χ0) is 13.0. The summed E-state index contributed by atoms with van der Waals surface area (Å²) in [5, 5.41) is 5.52. The Hall–Kier alpha value is -1.81. The van der Waals surface area contributed by atoms with E-state index in [9.17, 15) is 0 Å². The molecule has 0 aliphatic heterocycles. The van der Waals surface area contributed by atoms with Crippen LogP contribution in [0.2, 0.25) is 0 Å².